The molecule has 1 N–H and O–H groups in total. The van der Waals surface area contributed by atoms with E-state index in [1.165, 1.54) is 12.1 Å². The van der Waals surface area contributed by atoms with Gasteiger partial charge in [-0.25, -0.2) is 4.98 Å². The number of aromatic nitrogens is 3. The molecule has 1 aromatic carbocycles. The predicted octanol–water partition coefficient (Wildman–Crippen LogP) is 4.43. The standard InChI is InChI=1S/C18H22F3N4O.Y/c1-5-14(24-17-23-12(4)22-16(25-17)11(2)3)10-26-15-8-6-7-13(9-15)18(19,20)21;/h6-9,14H,5,10H2,1-4H3,(H,22,23,24,25);/q-1;. The van der Waals surface area contributed by atoms with E-state index in [4.69, 9.17) is 4.74 Å². The minimum atomic E-state index is -4.39. The number of benzene rings is 1. The van der Waals surface area contributed by atoms with Gasteiger partial charge in [0.15, 0.2) is 0 Å². The zero-order chi connectivity index (χ0) is 19.3. The molecular weight excluding hydrogens is 434 g/mol. The average Bonchev–Trinajstić information content (AvgIpc) is 2.57. The summed E-state index contributed by atoms with van der Waals surface area (Å²) in [6.07, 6.45) is -3.71. The van der Waals surface area contributed by atoms with Crippen LogP contribution in [0.25, 0.3) is 0 Å². The van der Waals surface area contributed by atoms with Crippen LogP contribution < -0.4 is 10.1 Å². The second kappa shape index (κ2) is 10.2. The van der Waals surface area contributed by atoms with E-state index in [2.05, 4.69) is 20.3 Å². The van der Waals surface area contributed by atoms with Gasteiger partial charge in [0.05, 0.1) is 11.6 Å². The monoisotopic (exact) mass is 456 g/mol. The van der Waals surface area contributed by atoms with E-state index in [0.717, 1.165) is 18.1 Å². The molecule has 2 rings (SSSR count). The molecule has 0 saturated carbocycles. The van der Waals surface area contributed by atoms with Crippen LogP contribution in [0, 0.1) is 12.8 Å². The van der Waals surface area contributed by atoms with Gasteiger partial charge in [0.1, 0.15) is 18.2 Å². The van der Waals surface area contributed by atoms with Gasteiger partial charge in [0.2, 0.25) is 5.95 Å². The summed E-state index contributed by atoms with van der Waals surface area (Å²) in [6.45, 7) is 7.73. The molecule has 2 aromatic rings. The largest absolute Gasteiger partial charge is 0.491 e. The Balaban J connectivity index is 0.00000364. The molecule has 0 spiro atoms. The van der Waals surface area contributed by atoms with Gasteiger partial charge in [-0.1, -0.05) is 13.0 Å². The molecule has 0 aliphatic rings. The van der Waals surface area contributed by atoms with Crippen molar-refractivity contribution in [3.8, 4) is 5.75 Å². The molecule has 145 valence electrons. The number of alkyl halides is 3. The van der Waals surface area contributed by atoms with Crippen LogP contribution in [0.1, 0.15) is 44.4 Å². The maximum Gasteiger partial charge on any atom is 0.416 e. The van der Waals surface area contributed by atoms with Crippen molar-refractivity contribution >= 4 is 5.95 Å². The molecule has 9 heteroatoms. The van der Waals surface area contributed by atoms with Gasteiger partial charge in [-0.15, -0.1) is 0 Å². The average molecular weight is 456 g/mol. The summed E-state index contributed by atoms with van der Waals surface area (Å²) in [5.41, 5.74) is -0.734. The van der Waals surface area contributed by atoms with E-state index in [0.29, 0.717) is 24.0 Å². The summed E-state index contributed by atoms with van der Waals surface area (Å²) in [6, 6.07) is 4.68. The van der Waals surface area contributed by atoms with Crippen molar-refractivity contribution in [2.75, 3.05) is 11.9 Å². The molecule has 1 unspecified atom stereocenters. The molecular formula is C18H22F3N4OY-. The van der Waals surface area contributed by atoms with Crippen LogP contribution in [0.2, 0.25) is 0 Å². The van der Waals surface area contributed by atoms with Crippen LogP contribution in [-0.2, 0) is 38.9 Å². The molecule has 0 amide bonds. The number of ether oxygens (including phenoxy) is 1. The van der Waals surface area contributed by atoms with Crippen molar-refractivity contribution in [2.24, 2.45) is 0 Å². The Kier molecular flexibility index (Phi) is 8.95. The number of anilines is 1. The Morgan fingerprint density at radius 3 is 2.48 bits per heavy atom. The number of aryl methyl sites for hydroxylation is 1. The van der Waals surface area contributed by atoms with Gasteiger partial charge in [0, 0.05) is 38.5 Å². The fraction of sp³-hybridized carbons (Fsp3) is 0.444. The molecule has 0 aliphatic heterocycles. The Hall–Kier alpha value is -1.41. The van der Waals surface area contributed by atoms with E-state index in [1.54, 1.807) is 6.92 Å². The van der Waals surface area contributed by atoms with Gasteiger partial charge in [-0.2, -0.15) is 32.0 Å². The molecule has 1 aromatic heterocycles. The third-order valence-corrected chi connectivity index (χ3v) is 3.63. The van der Waals surface area contributed by atoms with Gasteiger partial charge >= 0.3 is 6.18 Å². The van der Waals surface area contributed by atoms with Crippen LogP contribution in [0.5, 0.6) is 5.75 Å². The van der Waals surface area contributed by atoms with Crippen LogP contribution in [0.3, 0.4) is 0 Å². The number of hydrogen-bond acceptors (Lipinski definition) is 5. The van der Waals surface area contributed by atoms with Crippen LogP contribution >= 0.6 is 0 Å². The fourth-order valence-corrected chi connectivity index (χ4v) is 2.17. The predicted molar refractivity (Wildman–Crippen MR) is 92.9 cm³/mol. The molecule has 1 atom stereocenters. The molecule has 27 heavy (non-hydrogen) atoms. The number of nitrogens with zero attached hydrogens (tertiary/aromatic N) is 3. The van der Waals surface area contributed by atoms with E-state index in [-0.39, 0.29) is 51.1 Å². The molecule has 0 aliphatic carbocycles. The number of hydrogen-bond donors (Lipinski definition) is 1. The Bertz CT molecular complexity index is 741. The topological polar surface area (TPSA) is 59.9 Å². The van der Waals surface area contributed by atoms with Crippen molar-refractivity contribution in [3.63, 3.8) is 0 Å². The molecule has 0 bridgehead atoms. The minimum absolute atomic E-state index is 0. The van der Waals surface area contributed by atoms with Crippen molar-refractivity contribution in [1.29, 1.82) is 0 Å². The summed E-state index contributed by atoms with van der Waals surface area (Å²) >= 11 is 0. The summed E-state index contributed by atoms with van der Waals surface area (Å²) in [5, 5.41) is 3.16. The van der Waals surface area contributed by atoms with Gasteiger partial charge in [-0.3, -0.25) is 4.98 Å². The maximum atomic E-state index is 12.8. The van der Waals surface area contributed by atoms with E-state index >= 15 is 0 Å². The van der Waals surface area contributed by atoms with Crippen molar-refractivity contribution in [1.82, 2.24) is 15.0 Å². The Morgan fingerprint density at radius 2 is 1.89 bits per heavy atom. The molecule has 1 radical (unpaired) electrons. The molecule has 0 saturated heterocycles. The van der Waals surface area contributed by atoms with E-state index in [1.807, 2.05) is 20.8 Å². The number of halogens is 3. The van der Waals surface area contributed by atoms with Crippen molar-refractivity contribution in [2.45, 2.75) is 46.3 Å². The Labute approximate surface area is 182 Å². The van der Waals surface area contributed by atoms with Crippen LogP contribution in [-0.4, -0.2) is 27.6 Å². The van der Waals surface area contributed by atoms with E-state index in [9.17, 15) is 13.2 Å². The Morgan fingerprint density at radius 1 is 1.19 bits per heavy atom. The first-order chi connectivity index (χ1) is 12.2. The summed E-state index contributed by atoms with van der Waals surface area (Å²) < 4.78 is 43.8. The maximum absolute atomic E-state index is 12.8. The quantitative estimate of drug-likeness (QED) is 0.625. The zero-order valence-corrected chi connectivity index (χ0v) is 18.6. The smallest absolute Gasteiger partial charge is 0.416 e. The van der Waals surface area contributed by atoms with E-state index < -0.39 is 11.7 Å². The van der Waals surface area contributed by atoms with Gasteiger partial charge in [-0.05, 0) is 31.5 Å². The van der Waals surface area contributed by atoms with Gasteiger partial charge < -0.3 is 16.0 Å². The third-order valence-electron chi connectivity index (χ3n) is 3.63. The molecule has 1 heterocycles. The third kappa shape index (κ3) is 7.26. The summed E-state index contributed by atoms with van der Waals surface area (Å²) in [7, 11) is 0. The van der Waals surface area contributed by atoms with Crippen molar-refractivity contribution < 1.29 is 50.6 Å². The summed E-state index contributed by atoms with van der Waals surface area (Å²) in [5.74, 6) is 2.76. The second-order valence-corrected chi connectivity index (χ2v) is 6.12. The SMILES string of the molecule is CCC(COc1cccc(C(F)(F)F)c1)Nc1nc(C)nc([C-](C)C)n1.[Y]. The summed E-state index contributed by atoms with van der Waals surface area (Å²) in [4.78, 5) is 12.9. The van der Waals surface area contributed by atoms with Crippen LogP contribution in [0.15, 0.2) is 24.3 Å². The van der Waals surface area contributed by atoms with Crippen LogP contribution in [0.4, 0.5) is 19.1 Å². The first kappa shape index (κ1) is 23.6. The van der Waals surface area contributed by atoms with Gasteiger partial charge in [0.25, 0.3) is 0 Å². The normalized spacial score (nSPS) is 12.1. The first-order valence-electron chi connectivity index (χ1n) is 8.29. The second-order valence-electron chi connectivity index (χ2n) is 6.12. The number of nitrogens with one attached hydrogen (secondary N) is 1. The zero-order valence-electron chi connectivity index (χ0n) is 15.8. The number of rotatable bonds is 7. The molecule has 5 nitrogen and oxygen atoms in total. The minimum Gasteiger partial charge on any atom is -0.491 e. The fourth-order valence-electron chi connectivity index (χ4n) is 2.17. The van der Waals surface area contributed by atoms with Crippen molar-refractivity contribution in [3.05, 3.63) is 47.4 Å². The first-order valence-corrected chi connectivity index (χ1v) is 8.29. The molecule has 0 fully saturated rings.